The molecule has 0 saturated carbocycles. The number of nitrogens with zero attached hydrogens (tertiary/aromatic N) is 3. The molecule has 0 unspecified atom stereocenters. The maximum atomic E-state index is 11.6. The SMILES string of the molecule is CCCCCCC1=C2C=CC(=N2)C(CCCCCC)=C2C=CC(=N2)C(CCCCCC)=C2CC(O)=C(N2)C(CCCCCC)=C2C=CC1=N2. The molecule has 0 aromatic rings. The molecule has 0 saturated heterocycles. The molecule has 0 aliphatic carbocycles. The first-order chi connectivity index (χ1) is 24.1. The Bertz CT molecular complexity index is 1550. The summed E-state index contributed by atoms with van der Waals surface area (Å²) in [5.74, 6) is 0.432. The number of rotatable bonds is 20. The van der Waals surface area contributed by atoms with Crippen molar-refractivity contribution in [2.75, 3.05) is 0 Å². The molecule has 49 heavy (non-hydrogen) atoms. The molecule has 5 aliphatic rings. The highest BCUT2D eigenvalue weighted by Crippen LogP contribution is 2.37. The van der Waals surface area contributed by atoms with Crippen molar-refractivity contribution in [1.82, 2.24) is 5.32 Å². The fourth-order valence-electron chi connectivity index (χ4n) is 7.55. The fourth-order valence-corrected chi connectivity index (χ4v) is 7.55. The second kappa shape index (κ2) is 19.1. The van der Waals surface area contributed by atoms with Crippen LogP contribution in [-0.2, 0) is 0 Å². The molecule has 0 radical (unpaired) electrons. The van der Waals surface area contributed by atoms with Crippen molar-refractivity contribution in [3.8, 4) is 0 Å². The van der Waals surface area contributed by atoms with Gasteiger partial charge in [-0.3, -0.25) is 0 Å². The number of aliphatic imine (C=N–C) groups is 3. The van der Waals surface area contributed by atoms with E-state index in [4.69, 9.17) is 15.0 Å². The smallest absolute Gasteiger partial charge is 0.122 e. The monoisotopic (exact) mass is 662 g/mol. The standard InChI is InChI=1S/C44H62N4O/c1-5-9-13-17-21-32-36-25-26-37(45-36)33(22-18-14-10-6-2)39-29-30-41(47-39)35(24-20-16-12-8-4)44-43(49)31-42(48-44)34(23-19-15-11-7-3)40-28-27-38(32)46-40/h25-30,48-49H,5-24,31H2,1-4H3. The molecule has 264 valence electrons. The van der Waals surface area contributed by atoms with Crippen LogP contribution in [-0.4, -0.2) is 22.2 Å². The van der Waals surface area contributed by atoms with Crippen molar-refractivity contribution >= 4 is 17.1 Å². The second-order valence-electron chi connectivity index (χ2n) is 14.4. The Kier molecular flexibility index (Phi) is 14.3. The number of nitrogens with one attached hydrogen (secondary N) is 1. The first kappa shape index (κ1) is 36.8. The average molecular weight is 663 g/mol. The molecule has 5 nitrogen and oxygen atoms in total. The fraction of sp³-hybridized carbons (Fsp3) is 0.568. The Labute approximate surface area is 297 Å². The highest BCUT2D eigenvalue weighted by Gasteiger charge is 2.29. The van der Waals surface area contributed by atoms with Crippen LogP contribution < -0.4 is 5.32 Å². The number of hydrogen-bond acceptors (Lipinski definition) is 5. The van der Waals surface area contributed by atoms with E-state index in [1.165, 1.54) is 93.8 Å². The van der Waals surface area contributed by atoms with Gasteiger partial charge in [-0.1, -0.05) is 105 Å². The summed E-state index contributed by atoms with van der Waals surface area (Å²) in [6.45, 7) is 9.06. The molecular formula is C44H62N4O. The van der Waals surface area contributed by atoms with E-state index in [2.05, 4.69) is 69.5 Å². The predicted octanol–water partition coefficient (Wildman–Crippen LogP) is 12.7. The van der Waals surface area contributed by atoms with Crippen LogP contribution in [0.1, 0.15) is 163 Å². The lowest BCUT2D eigenvalue weighted by Crippen LogP contribution is -2.15. The van der Waals surface area contributed by atoms with Gasteiger partial charge in [-0.25, -0.2) is 15.0 Å². The Morgan fingerprint density at radius 2 is 0.837 bits per heavy atom. The van der Waals surface area contributed by atoms with Gasteiger partial charge >= 0.3 is 0 Å². The summed E-state index contributed by atoms with van der Waals surface area (Å²) >= 11 is 0. The van der Waals surface area contributed by atoms with E-state index in [0.717, 1.165) is 103 Å². The number of aliphatic hydroxyl groups is 1. The lowest BCUT2D eigenvalue weighted by Gasteiger charge is -2.16. The van der Waals surface area contributed by atoms with Gasteiger partial charge in [-0.2, -0.15) is 0 Å². The summed E-state index contributed by atoms with van der Waals surface area (Å²) in [6, 6.07) is 0. The van der Waals surface area contributed by atoms with E-state index in [-0.39, 0.29) is 0 Å². The zero-order valence-electron chi connectivity index (χ0n) is 31.1. The summed E-state index contributed by atoms with van der Waals surface area (Å²) in [4.78, 5) is 16.1. The quantitative estimate of drug-likeness (QED) is 0.127. The van der Waals surface area contributed by atoms with Crippen LogP contribution in [0.5, 0.6) is 0 Å². The first-order valence-corrected chi connectivity index (χ1v) is 20.0. The third kappa shape index (κ3) is 9.61. The minimum Gasteiger partial charge on any atom is -0.510 e. The highest BCUT2D eigenvalue weighted by atomic mass is 16.3. The Hall–Kier alpha value is -3.47. The van der Waals surface area contributed by atoms with Crippen LogP contribution >= 0.6 is 0 Å². The summed E-state index contributed by atoms with van der Waals surface area (Å²) in [5, 5.41) is 15.4. The van der Waals surface area contributed by atoms with Crippen LogP contribution in [0.4, 0.5) is 0 Å². The van der Waals surface area contributed by atoms with Gasteiger partial charge < -0.3 is 10.4 Å². The normalized spacial score (nSPS) is 18.5. The Morgan fingerprint density at radius 3 is 1.27 bits per heavy atom. The number of hydrogen-bond donors (Lipinski definition) is 2. The molecule has 5 rings (SSSR count). The highest BCUT2D eigenvalue weighted by molar-refractivity contribution is 6.17. The van der Waals surface area contributed by atoms with Gasteiger partial charge in [0.25, 0.3) is 0 Å². The van der Waals surface area contributed by atoms with Crippen molar-refractivity contribution in [3.63, 3.8) is 0 Å². The maximum Gasteiger partial charge on any atom is 0.122 e. The van der Waals surface area contributed by atoms with Crippen molar-refractivity contribution in [1.29, 1.82) is 0 Å². The van der Waals surface area contributed by atoms with Gasteiger partial charge in [0, 0.05) is 28.8 Å². The average Bonchev–Trinajstić information content (AvgIpc) is 3.93. The van der Waals surface area contributed by atoms with Gasteiger partial charge in [0.1, 0.15) is 5.76 Å². The van der Waals surface area contributed by atoms with E-state index in [9.17, 15) is 5.11 Å². The van der Waals surface area contributed by atoms with Crippen LogP contribution in [0, 0.1) is 0 Å². The molecule has 0 amide bonds. The van der Waals surface area contributed by atoms with Gasteiger partial charge in [0.15, 0.2) is 0 Å². The number of aliphatic hydroxyl groups excluding tert-OH is 1. The van der Waals surface area contributed by atoms with Crippen LogP contribution in [0.15, 0.2) is 108 Å². The largest absolute Gasteiger partial charge is 0.510 e. The summed E-state index contributed by atoms with van der Waals surface area (Å²) in [7, 11) is 0. The molecule has 5 aliphatic heterocycles. The molecule has 0 aromatic carbocycles. The second-order valence-corrected chi connectivity index (χ2v) is 14.4. The van der Waals surface area contributed by atoms with E-state index in [1.807, 2.05) is 0 Å². The third-order valence-corrected chi connectivity index (χ3v) is 10.5. The zero-order valence-corrected chi connectivity index (χ0v) is 31.1. The van der Waals surface area contributed by atoms with Crippen molar-refractivity contribution in [2.24, 2.45) is 15.0 Å². The molecule has 0 spiro atoms. The molecule has 5 heteroatoms. The lowest BCUT2D eigenvalue weighted by molar-refractivity contribution is 0.399. The van der Waals surface area contributed by atoms with E-state index in [0.29, 0.717) is 12.2 Å². The van der Waals surface area contributed by atoms with E-state index >= 15 is 0 Å². The Balaban J connectivity index is 1.65. The topological polar surface area (TPSA) is 69.3 Å². The van der Waals surface area contributed by atoms with Gasteiger partial charge in [0.2, 0.25) is 0 Å². The molecule has 0 fully saturated rings. The van der Waals surface area contributed by atoms with Crippen LogP contribution in [0.25, 0.3) is 0 Å². The molecule has 2 N–H and O–H groups in total. The molecule has 0 atom stereocenters. The summed E-state index contributed by atoms with van der Waals surface area (Å²) < 4.78 is 0. The summed E-state index contributed by atoms with van der Waals surface area (Å²) in [6.07, 6.45) is 36.7. The number of allylic oxidation sites excluding steroid dienone is 10. The van der Waals surface area contributed by atoms with Crippen LogP contribution in [0.2, 0.25) is 0 Å². The Morgan fingerprint density at radius 1 is 0.469 bits per heavy atom. The van der Waals surface area contributed by atoms with Crippen molar-refractivity contribution < 1.29 is 5.11 Å². The van der Waals surface area contributed by atoms with Crippen molar-refractivity contribution in [2.45, 2.75) is 163 Å². The number of unbranched alkanes of at least 4 members (excludes halogenated alkanes) is 12. The molecule has 8 bridgehead atoms. The summed E-state index contributed by atoms with van der Waals surface area (Å²) in [5.41, 5.74) is 13.0. The minimum atomic E-state index is 0.432. The minimum absolute atomic E-state index is 0.432. The van der Waals surface area contributed by atoms with Gasteiger partial charge in [-0.15, -0.1) is 0 Å². The molecule has 5 heterocycles. The molecule has 0 aromatic heterocycles. The van der Waals surface area contributed by atoms with Crippen molar-refractivity contribution in [3.05, 3.63) is 93.0 Å². The zero-order chi connectivity index (χ0) is 34.4. The maximum absolute atomic E-state index is 11.6. The lowest BCUT2D eigenvalue weighted by atomic mass is 9.99. The first-order valence-electron chi connectivity index (χ1n) is 20.0. The van der Waals surface area contributed by atoms with Gasteiger partial charge in [-0.05, 0) is 93.4 Å². The van der Waals surface area contributed by atoms with Gasteiger partial charge in [0.05, 0.1) is 39.9 Å². The third-order valence-electron chi connectivity index (χ3n) is 10.5. The predicted molar refractivity (Wildman–Crippen MR) is 210 cm³/mol. The molecular weight excluding hydrogens is 601 g/mol. The van der Waals surface area contributed by atoms with E-state index < -0.39 is 0 Å². The number of fused-ring (bicyclic) bond motifs is 5. The van der Waals surface area contributed by atoms with Crippen LogP contribution in [0.3, 0.4) is 0 Å². The van der Waals surface area contributed by atoms with E-state index in [1.54, 1.807) is 0 Å².